The monoisotopic (exact) mass is 260 g/mol. The molecule has 7 heteroatoms. The van der Waals surface area contributed by atoms with Crippen LogP contribution in [0.3, 0.4) is 0 Å². The molecule has 1 heterocycles. The summed E-state index contributed by atoms with van der Waals surface area (Å²) in [4.78, 5) is 12.9. The van der Waals surface area contributed by atoms with E-state index >= 15 is 0 Å². The van der Waals surface area contributed by atoms with Crippen molar-refractivity contribution in [3.05, 3.63) is 0 Å². The minimum Gasteiger partial charge on any atom is -0.340 e. The Morgan fingerprint density at radius 2 is 2.12 bits per heavy atom. The Hall–Kier alpha value is -0.490. The fourth-order valence-electron chi connectivity index (χ4n) is 1.57. The van der Waals surface area contributed by atoms with E-state index in [9.17, 15) is 18.0 Å². The molecule has 0 aromatic heterocycles. The van der Waals surface area contributed by atoms with Gasteiger partial charge in [0.1, 0.15) is 0 Å². The second kappa shape index (κ2) is 6.30. The van der Waals surface area contributed by atoms with Crippen LogP contribution in [0.15, 0.2) is 0 Å². The van der Waals surface area contributed by atoms with E-state index in [-0.39, 0.29) is 18.4 Å². The molecule has 96 valence electrons. The Balaban J connectivity index is 0.00000225. The summed E-state index contributed by atoms with van der Waals surface area (Å²) in [5.74, 6) is -0.402. The molecule has 1 unspecified atom stereocenters. The van der Waals surface area contributed by atoms with Crippen LogP contribution in [0.2, 0.25) is 0 Å². The molecular weight excluding hydrogens is 245 g/mol. The van der Waals surface area contributed by atoms with Gasteiger partial charge in [0.25, 0.3) is 0 Å². The molecule has 1 rings (SSSR count). The van der Waals surface area contributed by atoms with E-state index in [1.807, 2.05) is 6.92 Å². The van der Waals surface area contributed by atoms with Gasteiger partial charge in [0, 0.05) is 32.1 Å². The summed E-state index contributed by atoms with van der Waals surface area (Å²) in [6.45, 7) is 3.56. The minimum absolute atomic E-state index is 0. The largest absolute Gasteiger partial charge is 0.389 e. The lowest BCUT2D eigenvalue weighted by molar-refractivity contribution is -0.149. The summed E-state index contributed by atoms with van der Waals surface area (Å²) >= 11 is 0. The van der Waals surface area contributed by atoms with Gasteiger partial charge >= 0.3 is 6.18 Å². The second-order valence-electron chi connectivity index (χ2n) is 3.81. The zero-order chi connectivity index (χ0) is 11.5. The van der Waals surface area contributed by atoms with E-state index < -0.39 is 24.9 Å². The molecule has 0 aromatic rings. The molecule has 0 bridgehead atoms. The van der Waals surface area contributed by atoms with E-state index in [0.717, 1.165) is 0 Å². The number of halogens is 4. The molecule has 16 heavy (non-hydrogen) atoms. The van der Waals surface area contributed by atoms with Gasteiger partial charge in [-0.3, -0.25) is 4.79 Å². The highest BCUT2D eigenvalue weighted by molar-refractivity contribution is 5.85. The van der Waals surface area contributed by atoms with Crippen molar-refractivity contribution in [3.8, 4) is 0 Å². The first kappa shape index (κ1) is 15.5. The van der Waals surface area contributed by atoms with Crippen molar-refractivity contribution in [2.75, 3.05) is 19.6 Å². The van der Waals surface area contributed by atoms with E-state index in [2.05, 4.69) is 5.32 Å². The first-order valence-electron chi connectivity index (χ1n) is 4.96. The lowest BCUT2D eigenvalue weighted by Gasteiger charge is -2.32. The van der Waals surface area contributed by atoms with Crippen LogP contribution in [-0.2, 0) is 4.79 Å². The number of nitrogens with zero attached hydrogens (tertiary/aromatic N) is 1. The van der Waals surface area contributed by atoms with Crippen LogP contribution < -0.4 is 5.32 Å². The van der Waals surface area contributed by atoms with Gasteiger partial charge in [0.2, 0.25) is 5.91 Å². The summed E-state index contributed by atoms with van der Waals surface area (Å²) < 4.78 is 35.6. The third-order valence-electron chi connectivity index (χ3n) is 2.34. The average Bonchev–Trinajstić information content (AvgIpc) is 2.13. The van der Waals surface area contributed by atoms with Crippen molar-refractivity contribution in [2.45, 2.75) is 32.0 Å². The molecule has 0 saturated carbocycles. The van der Waals surface area contributed by atoms with Crippen LogP contribution in [0.4, 0.5) is 13.2 Å². The maximum Gasteiger partial charge on any atom is 0.389 e. The Labute approximate surface area is 98.8 Å². The third-order valence-corrected chi connectivity index (χ3v) is 2.34. The maximum absolute atomic E-state index is 11.9. The average molecular weight is 261 g/mol. The van der Waals surface area contributed by atoms with Gasteiger partial charge in [0.05, 0.1) is 6.42 Å². The first-order valence-corrected chi connectivity index (χ1v) is 4.96. The van der Waals surface area contributed by atoms with Crippen LogP contribution in [0.25, 0.3) is 0 Å². The molecule has 1 N–H and O–H groups in total. The van der Waals surface area contributed by atoms with Crippen molar-refractivity contribution >= 4 is 18.3 Å². The SMILES string of the molecule is CC1CN(C(=O)CCC(F)(F)F)CCN1.Cl. The highest BCUT2D eigenvalue weighted by Gasteiger charge is 2.29. The van der Waals surface area contributed by atoms with Gasteiger partial charge in [-0.25, -0.2) is 0 Å². The molecule has 1 aliphatic rings. The van der Waals surface area contributed by atoms with Crippen molar-refractivity contribution in [3.63, 3.8) is 0 Å². The van der Waals surface area contributed by atoms with E-state index in [1.54, 1.807) is 0 Å². The normalized spacial score (nSPS) is 21.5. The summed E-state index contributed by atoms with van der Waals surface area (Å²) in [6.07, 6.45) is -5.70. The smallest absolute Gasteiger partial charge is 0.340 e. The molecule has 1 saturated heterocycles. The van der Waals surface area contributed by atoms with Crippen molar-refractivity contribution < 1.29 is 18.0 Å². The van der Waals surface area contributed by atoms with Gasteiger partial charge in [-0.05, 0) is 6.92 Å². The number of carbonyl (C=O) groups excluding carboxylic acids is 1. The fraction of sp³-hybridized carbons (Fsp3) is 0.889. The van der Waals surface area contributed by atoms with Gasteiger partial charge in [-0.1, -0.05) is 0 Å². The number of piperazine rings is 1. The second-order valence-corrected chi connectivity index (χ2v) is 3.81. The first-order chi connectivity index (χ1) is 6.88. The standard InChI is InChI=1S/C9H15F3N2O.ClH/c1-7-6-14(5-4-13-7)8(15)2-3-9(10,11)12;/h7,13H,2-6H2,1H3;1H. The maximum atomic E-state index is 11.9. The Morgan fingerprint density at radius 3 is 2.62 bits per heavy atom. The fourth-order valence-corrected chi connectivity index (χ4v) is 1.57. The van der Waals surface area contributed by atoms with Crippen LogP contribution in [-0.4, -0.2) is 42.7 Å². The Bertz CT molecular complexity index is 235. The lowest BCUT2D eigenvalue weighted by Crippen LogP contribution is -2.51. The van der Waals surface area contributed by atoms with Crippen molar-refractivity contribution in [2.24, 2.45) is 0 Å². The number of hydrogen-bond acceptors (Lipinski definition) is 2. The van der Waals surface area contributed by atoms with Crippen LogP contribution in [0.1, 0.15) is 19.8 Å². The molecule has 0 spiro atoms. The van der Waals surface area contributed by atoms with Crippen LogP contribution in [0.5, 0.6) is 0 Å². The molecule has 1 fully saturated rings. The van der Waals surface area contributed by atoms with Gasteiger partial charge in [-0.2, -0.15) is 13.2 Å². The van der Waals surface area contributed by atoms with E-state index in [1.165, 1.54) is 4.90 Å². The zero-order valence-corrected chi connectivity index (χ0v) is 9.83. The molecule has 0 aliphatic carbocycles. The number of rotatable bonds is 2. The van der Waals surface area contributed by atoms with Gasteiger partial charge < -0.3 is 10.2 Å². The third kappa shape index (κ3) is 5.55. The molecule has 1 aliphatic heterocycles. The molecule has 0 aromatic carbocycles. The van der Waals surface area contributed by atoms with Crippen molar-refractivity contribution in [1.82, 2.24) is 10.2 Å². The number of amides is 1. The quantitative estimate of drug-likeness (QED) is 0.817. The predicted molar refractivity (Wildman–Crippen MR) is 56.6 cm³/mol. The predicted octanol–water partition coefficient (Wildman–Crippen LogP) is 1.57. The van der Waals surface area contributed by atoms with Crippen molar-refractivity contribution in [1.29, 1.82) is 0 Å². The lowest BCUT2D eigenvalue weighted by atomic mass is 10.2. The zero-order valence-electron chi connectivity index (χ0n) is 9.01. The topological polar surface area (TPSA) is 32.3 Å². The molecule has 0 radical (unpaired) electrons. The van der Waals surface area contributed by atoms with Gasteiger partial charge in [0.15, 0.2) is 0 Å². The number of alkyl halides is 3. The molecule has 3 nitrogen and oxygen atoms in total. The van der Waals surface area contributed by atoms with Crippen LogP contribution >= 0.6 is 12.4 Å². The number of nitrogens with one attached hydrogen (secondary N) is 1. The Morgan fingerprint density at radius 1 is 1.50 bits per heavy atom. The highest BCUT2D eigenvalue weighted by atomic mass is 35.5. The van der Waals surface area contributed by atoms with Gasteiger partial charge in [-0.15, -0.1) is 12.4 Å². The minimum atomic E-state index is -4.24. The Kier molecular flexibility index (Phi) is 6.10. The molecule has 1 atom stereocenters. The summed E-state index contributed by atoms with van der Waals surface area (Å²) in [6, 6.07) is 0.161. The van der Waals surface area contributed by atoms with Crippen LogP contribution in [0, 0.1) is 0 Å². The number of carbonyl (C=O) groups is 1. The van der Waals surface area contributed by atoms with E-state index in [0.29, 0.717) is 19.6 Å². The summed E-state index contributed by atoms with van der Waals surface area (Å²) in [7, 11) is 0. The summed E-state index contributed by atoms with van der Waals surface area (Å²) in [5, 5.41) is 3.12. The highest BCUT2D eigenvalue weighted by Crippen LogP contribution is 2.21. The number of hydrogen-bond donors (Lipinski definition) is 1. The summed E-state index contributed by atoms with van der Waals surface area (Å²) in [5.41, 5.74) is 0. The molecule has 1 amide bonds. The van der Waals surface area contributed by atoms with E-state index in [4.69, 9.17) is 0 Å². The molecular formula is C9H16ClF3N2O.